The van der Waals surface area contributed by atoms with E-state index in [4.69, 9.17) is 12.2 Å². The van der Waals surface area contributed by atoms with Crippen LogP contribution in [0.1, 0.15) is 26.3 Å². The Kier molecular flexibility index (Phi) is 5.76. The summed E-state index contributed by atoms with van der Waals surface area (Å²) in [4.78, 5) is 1.41. The van der Waals surface area contributed by atoms with Gasteiger partial charge in [0.1, 0.15) is 0 Å². The summed E-state index contributed by atoms with van der Waals surface area (Å²) in [6.45, 7) is 8.55. The lowest BCUT2D eigenvalue weighted by molar-refractivity contribution is -0.856. The van der Waals surface area contributed by atoms with E-state index in [1.165, 1.54) is 10.5 Å². The molecule has 0 aliphatic carbocycles. The van der Waals surface area contributed by atoms with Crippen LogP contribution < -0.4 is 15.5 Å². The van der Waals surface area contributed by atoms with Crippen molar-refractivity contribution in [3.05, 3.63) is 29.8 Å². The van der Waals surface area contributed by atoms with E-state index in [0.29, 0.717) is 5.11 Å². The maximum Gasteiger partial charge on any atom is 0.170 e. The van der Waals surface area contributed by atoms with Gasteiger partial charge in [-0.1, -0.05) is 39.0 Å². The van der Waals surface area contributed by atoms with E-state index in [1.807, 2.05) is 6.07 Å². The zero-order valence-corrected chi connectivity index (χ0v) is 13.4. The first-order valence-corrected chi connectivity index (χ1v) is 7.15. The Balaban J connectivity index is 2.64. The van der Waals surface area contributed by atoms with Gasteiger partial charge >= 0.3 is 0 Å². The van der Waals surface area contributed by atoms with Crippen LogP contribution in [0.4, 0.5) is 5.69 Å². The third-order valence-corrected chi connectivity index (χ3v) is 3.14. The van der Waals surface area contributed by atoms with Crippen LogP contribution in [-0.2, 0) is 5.41 Å². The number of hydrogen-bond acceptors (Lipinski definition) is 1. The van der Waals surface area contributed by atoms with Gasteiger partial charge < -0.3 is 15.5 Å². The molecule has 19 heavy (non-hydrogen) atoms. The second kappa shape index (κ2) is 6.87. The summed E-state index contributed by atoms with van der Waals surface area (Å²) in [6.07, 6.45) is 0. The molecule has 0 bridgehead atoms. The molecule has 3 nitrogen and oxygen atoms in total. The number of anilines is 1. The van der Waals surface area contributed by atoms with Crippen molar-refractivity contribution in [3.8, 4) is 0 Å². The fourth-order valence-corrected chi connectivity index (χ4v) is 2.05. The van der Waals surface area contributed by atoms with E-state index < -0.39 is 0 Å². The van der Waals surface area contributed by atoms with E-state index in [9.17, 15) is 0 Å². The first kappa shape index (κ1) is 15.9. The third-order valence-electron chi connectivity index (χ3n) is 2.89. The molecular formula is C15H26N3S+. The molecule has 1 rings (SSSR count). The molecule has 0 saturated carbocycles. The molecular weight excluding hydrogens is 254 g/mol. The van der Waals surface area contributed by atoms with Crippen molar-refractivity contribution in [2.45, 2.75) is 26.2 Å². The van der Waals surface area contributed by atoms with Gasteiger partial charge in [-0.2, -0.15) is 0 Å². The first-order valence-electron chi connectivity index (χ1n) is 6.74. The van der Waals surface area contributed by atoms with Gasteiger partial charge in [-0.15, -0.1) is 0 Å². The SMILES string of the molecule is C[NH+](C)CCNC(=S)Nc1ccccc1C(C)(C)C. The van der Waals surface area contributed by atoms with Gasteiger partial charge in [-0.25, -0.2) is 0 Å². The zero-order valence-electron chi connectivity index (χ0n) is 12.6. The molecule has 0 radical (unpaired) electrons. The third kappa shape index (κ3) is 5.57. The second-order valence-corrected chi connectivity index (χ2v) is 6.54. The monoisotopic (exact) mass is 280 g/mol. The predicted octanol–water partition coefficient (Wildman–Crippen LogP) is 1.42. The van der Waals surface area contributed by atoms with Gasteiger partial charge in [0.2, 0.25) is 0 Å². The van der Waals surface area contributed by atoms with E-state index in [-0.39, 0.29) is 5.41 Å². The number of hydrogen-bond donors (Lipinski definition) is 3. The quantitative estimate of drug-likeness (QED) is 0.729. The molecule has 0 aliphatic rings. The fourth-order valence-electron chi connectivity index (χ4n) is 1.84. The number of para-hydroxylation sites is 1. The lowest BCUT2D eigenvalue weighted by Crippen LogP contribution is -3.06. The number of nitrogens with one attached hydrogen (secondary N) is 3. The van der Waals surface area contributed by atoms with Crippen molar-refractivity contribution in [3.63, 3.8) is 0 Å². The molecule has 0 saturated heterocycles. The fraction of sp³-hybridized carbons (Fsp3) is 0.533. The largest absolute Gasteiger partial charge is 0.357 e. The van der Waals surface area contributed by atoms with Crippen molar-refractivity contribution < 1.29 is 4.90 Å². The predicted molar refractivity (Wildman–Crippen MR) is 87.0 cm³/mol. The summed E-state index contributed by atoms with van der Waals surface area (Å²) >= 11 is 5.34. The van der Waals surface area contributed by atoms with Crippen LogP contribution in [0, 0.1) is 0 Å². The lowest BCUT2D eigenvalue weighted by atomic mass is 9.86. The maximum absolute atomic E-state index is 5.34. The highest BCUT2D eigenvalue weighted by atomic mass is 32.1. The Morgan fingerprint density at radius 2 is 1.84 bits per heavy atom. The Labute approximate surface area is 122 Å². The summed E-state index contributed by atoms with van der Waals surface area (Å²) in [6, 6.07) is 8.32. The van der Waals surface area contributed by atoms with Crippen molar-refractivity contribution in [1.82, 2.24) is 5.32 Å². The van der Waals surface area contributed by atoms with Crippen molar-refractivity contribution in [2.24, 2.45) is 0 Å². The molecule has 0 unspecified atom stereocenters. The van der Waals surface area contributed by atoms with Crippen LogP contribution in [0.25, 0.3) is 0 Å². The molecule has 106 valence electrons. The van der Waals surface area contributed by atoms with Crippen LogP contribution in [0.15, 0.2) is 24.3 Å². The molecule has 0 heterocycles. The molecule has 3 N–H and O–H groups in total. The van der Waals surface area contributed by atoms with Crippen molar-refractivity contribution in [2.75, 3.05) is 32.5 Å². The van der Waals surface area contributed by atoms with Crippen molar-refractivity contribution >= 4 is 23.0 Å². The van der Waals surface area contributed by atoms with E-state index in [0.717, 1.165) is 18.8 Å². The molecule has 1 aromatic carbocycles. The van der Waals surface area contributed by atoms with Crippen LogP contribution in [0.2, 0.25) is 0 Å². The number of quaternary nitrogens is 1. The topological polar surface area (TPSA) is 28.5 Å². The van der Waals surface area contributed by atoms with Crippen LogP contribution in [0.5, 0.6) is 0 Å². The molecule has 4 heteroatoms. The molecule has 0 aromatic heterocycles. The standard InChI is InChI=1S/C15H25N3S/c1-15(2,3)12-8-6-7-9-13(12)17-14(19)16-10-11-18(4)5/h6-9H,10-11H2,1-5H3,(H2,16,17,19)/p+1. The highest BCUT2D eigenvalue weighted by Crippen LogP contribution is 2.29. The minimum atomic E-state index is 0.104. The second-order valence-electron chi connectivity index (χ2n) is 6.13. The van der Waals surface area contributed by atoms with Gasteiger partial charge in [0.05, 0.1) is 27.2 Å². The van der Waals surface area contributed by atoms with Gasteiger partial charge in [0, 0.05) is 5.69 Å². The first-order chi connectivity index (χ1) is 8.80. The van der Waals surface area contributed by atoms with Crippen LogP contribution in [-0.4, -0.2) is 32.3 Å². The van der Waals surface area contributed by atoms with Crippen LogP contribution >= 0.6 is 12.2 Å². The molecule has 0 amide bonds. The minimum absolute atomic E-state index is 0.104. The van der Waals surface area contributed by atoms with Crippen LogP contribution in [0.3, 0.4) is 0 Å². The van der Waals surface area contributed by atoms with E-state index in [2.05, 4.69) is 63.7 Å². The number of benzene rings is 1. The smallest absolute Gasteiger partial charge is 0.170 e. The van der Waals surface area contributed by atoms with Gasteiger partial charge in [0.25, 0.3) is 0 Å². The summed E-state index contributed by atoms with van der Waals surface area (Å²) in [7, 11) is 4.26. The van der Waals surface area contributed by atoms with Crippen molar-refractivity contribution in [1.29, 1.82) is 0 Å². The Bertz CT molecular complexity index is 422. The molecule has 0 aliphatic heterocycles. The Hall–Kier alpha value is -1.13. The summed E-state index contributed by atoms with van der Waals surface area (Å²) in [5.74, 6) is 0. The average Bonchev–Trinajstić information content (AvgIpc) is 2.27. The number of likely N-dealkylation sites (N-methyl/N-ethyl adjacent to an activating group) is 1. The minimum Gasteiger partial charge on any atom is -0.357 e. The zero-order chi connectivity index (χ0) is 14.5. The highest BCUT2D eigenvalue weighted by molar-refractivity contribution is 7.80. The average molecular weight is 280 g/mol. The Morgan fingerprint density at radius 3 is 2.42 bits per heavy atom. The summed E-state index contributed by atoms with van der Waals surface area (Å²) < 4.78 is 0. The maximum atomic E-state index is 5.34. The normalized spacial score (nSPS) is 11.5. The molecule has 0 spiro atoms. The Morgan fingerprint density at radius 1 is 1.21 bits per heavy atom. The number of rotatable bonds is 4. The molecule has 1 aromatic rings. The lowest BCUT2D eigenvalue weighted by Gasteiger charge is -2.23. The highest BCUT2D eigenvalue weighted by Gasteiger charge is 2.17. The summed E-state index contributed by atoms with van der Waals surface area (Å²) in [5.41, 5.74) is 2.47. The summed E-state index contributed by atoms with van der Waals surface area (Å²) in [5, 5.41) is 7.24. The van der Waals surface area contributed by atoms with E-state index in [1.54, 1.807) is 0 Å². The van der Waals surface area contributed by atoms with Gasteiger partial charge in [-0.3, -0.25) is 0 Å². The van der Waals surface area contributed by atoms with Gasteiger partial charge in [-0.05, 0) is 29.3 Å². The molecule has 0 atom stereocenters. The van der Waals surface area contributed by atoms with Gasteiger partial charge in [0.15, 0.2) is 5.11 Å². The van der Waals surface area contributed by atoms with E-state index >= 15 is 0 Å². The number of thiocarbonyl (C=S) groups is 1. The molecule has 0 fully saturated rings.